The molecule has 0 bridgehead atoms. The number of H-pyrrole nitrogens is 1. The van der Waals surface area contributed by atoms with Gasteiger partial charge < -0.3 is 11.1 Å². The van der Waals surface area contributed by atoms with Gasteiger partial charge in [0, 0.05) is 17.2 Å². The Labute approximate surface area is 124 Å². The van der Waals surface area contributed by atoms with E-state index in [0.29, 0.717) is 5.82 Å². The second-order valence-corrected chi connectivity index (χ2v) is 6.44. The summed E-state index contributed by atoms with van der Waals surface area (Å²) in [6.07, 6.45) is 0. The summed E-state index contributed by atoms with van der Waals surface area (Å²) in [5.41, 5.74) is 6.72. The molecular formula is C16H22N4O. The van der Waals surface area contributed by atoms with Crippen LogP contribution in [0.3, 0.4) is 0 Å². The number of benzene rings is 1. The van der Waals surface area contributed by atoms with Crippen LogP contribution >= 0.6 is 0 Å². The van der Waals surface area contributed by atoms with E-state index in [0.717, 1.165) is 11.3 Å². The number of aromatic amines is 1. The number of anilines is 1. The van der Waals surface area contributed by atoms with Crippen LogP contribution in [0, 0.1) is 0 Å². The molecule has 1 amide bonds. The fourth-order valence-corrected chi connectivity index (χ4v) is 1.93. The van der Waals surface area contributed by atoms with E-state index in [1.165, 1.54) is 0 Å². The number of nitrogens with two attached hydrogens (primary N) is 1. The predicted molar refractivity (Wildman–Crippen MR) is 83.9 cm³/mol. The Morgan fingerprint density at radius 1 is 1.19 bits per heavy atom. The van der Waals surface area contributed by atoms with Crippen molar-refractivity contribution in [1.82, 2.24) is 10.2 Å². The van der Waals surface area contributed by atoms with E-state index in [1.807, 2.05) is 36.4 Å². The Morgan fingerprint density at radius 2 is 1.81 bits per heavy atom. The normalized spacial score (nSPS) is 14.5. The van der Waals surface area contributed by atoms with Crippen molar-refractivity contribution < 1.29 is 4.79 Å². The van der Waals surface area contributed by atoms with Crippen molar-refractivity contribution >= 4 is 11.7 Å². The molecule has 0 fully saturated rings. The molecule has 112 valence electrons. The smallest absolute Gasteiger partial charge is 0.249 e. The van der Waals surface area contributed by atoms with Gasteiger partial charge in [-0.05, 0) is 12.5 Å². The van der Waals surface area contributed by atoms with Crippen molar-refractivity contribution in [2.75, 3.05) is 5.32 Å². The van der Waals surface area contributed by atoms with E-state index in [-0.39, 0.29) is 11.3 Å². The molecule has 0 spiro atoms. The first-order valence-corrected chi connectivity index (χ1v) is 6.93. The largest absolute Gasteiger partial charge is 0.314 e. The molecular weight excluding hydrogens is 264 g/mol. The number of aromatic nitrogens is 2. The van der Waals surface area contributed by atoms with Crippen molar-refractivity contribution in [3.63, 3.8) is 0 Å². The predicted octanol–water partition coefficient (Wildman–Crippen LogP) is 2.52. The Morgan fingerprint density at radius 3 is 2.33 bits per heavy atom. The monoisotopic (exact) mass is 286 g/mol. The zero-order valence-electron chi connectivity index (χ0n) is 12.9. The molecule has 5 heteroatoms. The molecule has 1 atom stereocenters. The SMILES string of the molecule is CC(C)(C)c1cc(NC(=O)C(C)(N)c2ccccc2)n[nH]1. The molecule has 1 aromatic carbocycles. The number of hydrogen-bond acceptors (Lipinski definition) is 3. The fraction of sp³-hybridized carbons (Fsp3) is 0.375. The van der Waals surface area contributed by atoms with Gasteiger partial charge in [-0.15, -0.1) is 0 Å². The minimum absolute atomic E-state index is 0.0541. The third-order valence-electron chi connectivity index (χ3n) is 3.47. The van der Waals surface area contributed by atoms with Gasteiger partial charge in [-0.2, -0.15) is 5.10 Å². The minimum Gasteiger partial charge on any atom is -0.314 e. The summed E-state index contributed by atoms with van der Waals surface area (Å²) >= 11 is 0. The molecule has 0 aliphatic carbocycles. The maximum absolute atomic E-state index is 12.4. The molecule has 2 rings (SSSR count). The number of carbonyl (C=O) groups excluding carboxylic acids is 1. The van der Waals surface area contributed by atoms with E-state index in [1.54, 1.807) is 6.92 Å². The zero-order valence-corrected chi connectivity index (χ0v) is 12.9. The third-order valence-corrected chi connectivity index (χ3v) is 3.47. The van der Waals surface area contributed by atoms with Crippen molar-refractivity contribution in [3.8, 4) is 0 Å². The van der Waals surface area contributed by atoms with Crippen LogP contribution in [-0.2, 0) is 15.7 Å². The van der Waals surface area contributed by atoms with Crippen LogP contribution in [0.1, 0.15) is 39.0 Å². The minimum atomic E-state index is -1.11. The average Bonchev–Trinajstić information content (AvgIpc) is 2.88. The molecule has 1 aromatic heterocycles. The lowest BCUT2D eigenvalue weighted by Gasteiger charge is -2.23. The van der Waals surface area contributed by atoms with Gasteiger partial charge in [0.15, 0.2) is 5.82 Å². The van der Waals surface area contributed by atoms with Crippen LogP contribution in [0.5, 0.6) is 0 Å². The highest BCUT2D eigenvalue weighted by molar-refractivity contribution is 5.97. The molecule has 2 aromatic rings. The number of hydrogen-bond donors (Lipinski definition) is 3. The van der Waals surface area contributed by atoms with Crippen LogP contribution < -0.4 is 11.1 Å². The summed E-state index contributed by atoms with van der Waals surface area (Å²) in [6.45, 7) is 7.91. The van der Waals surface area contributed by atoms with E-state index >= 15 is 0 Å². The van der Waals surface area contributed by atoms with Crippen molar-refractivity contribution in [2.45, 2.75) is 38.6 Å². The third kappa shape index (κ3) is 3.31. The van der Waals surface area contributed by atoms with Gasteiger partial charge in [0.1, 0.15) is 5.54 Å². The van der Waals surface area contributed by atoms with Crippen molar-refractivity contribution in [3.05, 3.63) is 47.7 Å². The molecule has 0 saturated heterocycles. The topological polar surface area (TPSA) is 83.8 Å². The lowest BCUT2D eigenvalue weighted by atomic mass is 9.92. The van der Waals surface area contributed by atoms with Crippen molar-refractivity contribution in [1.29, 1.82) is 0 Å². The van der Waals surface area contributed by atoms with Gasteiger partial charge in [-0.1, -0.05) is 51.1 Å². The first kappa shape index (κ1) is 15.3. The van der Waals surface area contributed by atoms with Gasteiger partial charge in [0.2, 0.25) is 5.91 Å². The molecule has 0 aliphatic heterocycles. The molecule has 0 radical (unpaired) electrons. The van der Waals surface area contributed by atoms with Gasteiger partial charge in [-0.25, -0.2) is 0 Å². The summed E-state index contributed by atoms with van der Waals surface area (Å²) in [6, 6.07) is 11.1. The second-order valence-electron chi connectivity index (χ2n) is 6.44. The summed E-state index contributed by atoms with van der Waals surface area (Å²) < 4.78 is 0. The number of nitrogens with one attached hydrogen (secondary N) is 2. The molecule has 0 aliphatic rings. The molecule has 1 heterocycles. The quantitative estimate of drug-likeness (QED) is 0.810. The number of amides is 1. The van der Waals surface area contributed by atoms with Gasteiger partial charge >= 0.3 is 0 Å². The maximum atomic E-state index is 12.4. The van der Waals surface area contributed by atoms with E-state index < -0.39 is 5.54 Å². The number of nitrogens with zero attached hydrogens (tertiary/aromatic N) is 1. The van der Waals surface area contributed by atoms with Gasteiger partial charge in [-0.3, -0.25) is 9.89 Å². The lowest BCUT2D eigenvalue weighted by Crippen LogP contribution is -2.45. The van der Waals surface area contributed by atoms with Crippen LogP contribution in [0.15, 0.2) is 36.4 Å². The van der Waals surface area contributed by atoms with Gasteiger partial charge in [0.25, 0.3) is 0 Å². The highest BCUT2D eigenvalue weighted by atomic mass is 16.2. The summed E-state index contributed by atoms with van der Waals surface area (Å²) in [4.78, 5) is 12.4. The van der Waals surface area contributed by atoms with E-state index in [2.05, 4.69) is 36.3 Å². The number of carbonyl (C=O) groups is 1. The Balaban J connectivity index is 2.16. The summed E-state index contributed by atoms with van der Waals surface area (Å²) in [5, 5.41) is 9.82. The molecule has 4 N–H and O–H groups in total. The number of rotatable bonds is 3. The highest BCUT2D eigenvalue weighted by Gasteiger charge is 2.31. The lowest BCUT2D eigenvalue weighted by molar-refractivity contribution is -0.120. The average molecular weight is 286 g/mol. The Kier molecular flexibility index (Phi) is 3.87. The van der Waals surface area contributed by atoms with Crippen LogP contribution in [0.2, 0.25) is 0 Å². The standard InChI is InChI=1S/C16H22N4O/c1-15(2,3)12-10-13(20-19-12)18-14(21)16(4,17)11-8-6-5-7-9-11/h5-10H,17H2,1-4H3,(H2,18,19,20,21). The molecule has 5 nitrogen and oxygen atoms in total. The van der Waals surface area contributed by atoms with Crippen LogP contribution in [0.4, 0.5) is 5.82 Å². The second kappa shape index (κ2) is 5.33. The molecule has 0 saturated carbocycles. The molecule has 21 heavy (non-hydrogen) atoms. The summed E-state index contributed by atoms with van der Waals surface area (Å²) in [7, 11) is 0. The van der Waals surface area contributed by atoms with Crippen molar-refractivity contribution in [2.24, 2.45) is 5.73 Å². The zero-order chi connectivity index (χ0) is 15.7. The Hall–Kier alpha value is -2.14. The van der Waals surface area contributed by atoms with Gasteiger partial charge in [0.05, 0.1) is 0 Å². The first-order valence-electron chi connectivity index (χ1n) is 6.93. The van der Waals surface area contributed by atoms with Crippen LogP contribution in [0.25, 0.3) is 0 Å². The first-order chi connectivity index (χ1) is 9.71. The highest BCUT2D eigenvalue weighted by Crippen LogP contribution is 2.23. The molecule has 1 unspecified atom stereocenters. The fourth-order valence-electron chi connectivity index (χ4n) is 1.93. The Bertz CT molecular complexity index is 623. The summed E-state index contributed by atoms with van der Waals surface area (Å²) in [5.74, 6) is 0.193. The van der Waals surface area contributed by atoms with E-state index in [4.69, 9.17) is 5.73 Å². The van der Waals surface area contributed by atoms with Crippen LogP contribution in [-0.4, -0.2) is 16.1 Å². The van der Waals surface area contributed by atoms with E-state index in [9.17, 15) is 4.79 Å². The maximum Gasteiger partial charge on any atom is 0.249 e.